The lowest BCUT2D eigenvalue weighted by Crippen LogP contribution is -2.68. The maximum Gasteiger partial charge on any atom is 0.416 e. The number of piperidine rings is 2. The molecule has 2 aromatic carbocycles. The summed E-state index contributed by atoms with van der Waals surface area (Å²) in [7, 11) is 0. The normalized spacial score (nSPS) is 19.7. The number of pyridine rings is 1. The van der Waals surface area contributed by atoms with Crippen LogP contribution >= 0.6 is 0 Å². The zero-order valence-corrected chi connectivity index (χ0v) is 31.5. The molecule has 2 fully saturated rings. The number of benzene rings is 2. The molecule has 5 rings (SSSR count). The molecule has 3 heterocycles. The number of nitriles is 1. The molecule has 296 valence electrons. The van der Waals surface area contributed by atoms with E-state index in [2.05, 4.69) is 11.1 Å². The molecule has 0 unspecified atom stereocenters. The van der Waals surface area contributed by atoms with Crippen molar-refractivity contribution in [2.75, 3.05) is 19.6 Å². The van der Waals surface area contributed by atoms with E-state index in [4.69, 9.17) is 4.74 Å². The first-order valence-corrected chi connectivity index (χ1v) is 18.6. The monoisotopic (exact) mass is 770 g/mol. The van der Waals surface area contributed by atoms with Gasteiger partial charge in [-0.2, -0.15) is 18.4 Å². The minimum atomic E-state index is -4.62. The lowest BCUT2D eigenvalue weighted by Gasteiger charge is -2.51. The number of nitrogens with zero attached hydrogens (tertiary/aromatic N) is 4. The molecular formula is C41H47F5N4O5. The van der Waals surface area contributed by atoms with Crippen molar-refractivity contribution < 1.29 is 46.2 Å². The number of aliphatic carboxylic acids is 1. The molecule has 9 nitrogen and oxygen atoms in total. The van der Waals surface area contributed by atoms with Crippen molar-refractivity contribution in [1.82, 2.24) is 14.8 Å². The van der Waals surface area contributed by atoms with Crippen LogP contribution in [0.2, 0.25) is 0 Å². The number of carbonyl (C=O) groups excluding carboxylic acids is 2. The van der Waals surface area contributed by atoms with Gasteiger partial charge in [-0.3, -0.25) is 19.4 Å². The Balaban J connectivity index is 0.00000331. The Hall–Kier alpha value is -5.06. The highest BCUT2D eigenvalue weighted by molar-refractivity contribution is 5.97. The van der Waals surface area contributed by atoms with Gasteiger partial charge in [0.2, 0.25) is 5.60 Å². The number of alkyl halides is 5. The average Bonchev–Trinajstić information content (AvgIpc) is 3.17. The third-order valence-corrected chi connectivity index (χ3v) is 10.3. The predicted molar refractivity (Wildman–Crippen MR) is 194 cm³/mol. The Bertz CT molecular complexity index is 1850. The number of hydrogen-bond acceptors (Lipinski definition) is 6. The summed E-state index contributed by atoms with van der Waals surface area (Å²) < 4.78 is 76.4. The lowest BCUT2D eigenvalue weighted by atomic mass is 9.71. The first kappa shape index (κ1) is 42.7. The van der Waals surface area contributed by atoms with E-state index in [1.54, 1.807) is 24.3 Å². The number of hydrogen-bond donors (Lipinski definition) is 1. The van der Waals surface area contributed by atoms with Crippen LogP contribution in [0.25, 0.3) is 0 Å². The third-order valence-electron chi connectivity index (χ3n) is 10.3. The molecule has 2 amide bonds. The highest BCUT2D eigenvalue weighted by Crippen LogP contribution is 2.43. The van der Waals surface area contributed by atoms with Crippen LogP contribution in [0.15, 0.2) is 67.0 Å². The minimum absolute atomic E-state index is 0.0420. The first-order valence-electron chi connectivity index (χ1n) is 18.6. The van der Waals surface area contributed by atoms with Crippen LogP contribution in [0.5, 0.6) is 5.75 Å². The van der Waals surface area contributed by atoms with Crippen molar-refractivity contribution in [3.05, 3.63) is 94.8 Å². The van der Waals surface area contributed by atoms with Gasteiger partial charge in [0.1, 0.15) is 5.75 Å². The topological polar surface area (TPSA) is 124 Å². The van der Waals surface area contributed by atoms with Crippen molar-refractivity contribution in [1.29, 1.82) is 5.26 Å². The molecule has 55 heavy (non-hydrogen) atoms. The number of carbonyl (C=O) groups is 3. The summed E-state index contributed by atoms with van der Waals surface area (Å²) in [6, 6.07) is 13.5. The van der Waals surface area contributed by atoms with E-state index >= 15 is 4.79 Å². The van der Waals surface area contributed by atoms with Gasteiger partial charge >= 0.3 is 12.1 Å². The number of rotatable bonds is 11. The molecule has 2 atom stereocenters. The van der Waals surface area contributed by atoms with Gasteiger partial charge in [-0.25, -0.2) is 8.78 Å². The number of ether oxygens (including phenoxy) is 1. The maximum atomic E-state index is 15.0. The maximum absolute atomic E-state index is 15.0. The van der Waals surface area contributed by atoms with Crippen LogP contribution in [-0.4, -0.2) is 69.0 Å². The van der Waals surface area contributed by atoms with Crippen molar-refractivity contribution in [3.63, 3.8) is 0 Å². The molecule has 2 aliphatic rings. The van der Waals surface area contributed by atoms with E-state index in [1.165, 1.54) is 9.80 Å². The summed E-state index contributed by atoms with van der Waals surface area (Å²) in [4.78, 5) is 47.4. The van der Waals surface area contributed by atoms with Crippen molar-refractivity contribution in [2.45, 2.75) is 108 Å². The van der Waals surface area contributed by atoms with Gasteiger partial charge in [0.15, 0.2) is 0 Å². The van der Waals surface area contributed by atoms with Crippen LogP contribution in [0.4, 0.5) is 22.0 Å². The summed E-state index contributed by atoms with van der Waals surface area (Å²) in [6.45, 7) is 6.76. The summed E-state index contributed by atoms with van der Waals surface area (Å²) in [6.07, 6.45) is -1.00. The van der Waals surface area contributed by atoms with E-state index in [-0.39, 0.29) is 75.9 Å². The Morgan fingerprint density at radius 3 is 2.22 bits per heavy atom. The lowest BCUT2D eigenvalue weighted by molar-refractivity contribution is -0.160. The molecule has 0 aliphatic carbocycles. The van der Waals surface area contributed by atoms with Gasteiger partial charge in [0, 0.05) is 57.4 Å². The number of likely N-dealkylation sites (tertiary alicyclic amines) is 2. The molecule has 0 saturated carbocycles. The molecule has 14 heteroatoms. The Morgan fingerprint density at radius 1 is 0.982 bits per heavy atom. The van der Waals surface area contributed by atoms with Crippen molar-refractivity contribution in [2.24, 2.45) is 0 Å². The van der Waals surface area contributed by atoms with Crippen LogP contribution < -0.4 is 4.74 Å². The first-order chi connectivity index (χ1) is 26.1. The largest absolute Gasteiger partial charge is 0.481 e. The summed E-state index contributed by atoms with van der Waals surface area (Å²) >= 11 is 0. The van der Waals surface area contributed by atoms with Gasteiger partial charge in [-0.05, 0) is 73.6 Å². The molecular weight excluding hydrogens is 723 g/mol. The Morgan fingerprint density at radius 2 is 1.64 bits per heavy atom. The highest BCUT2D eigenvalue weighted by atomic mass is 19.4. The van der Waals surface area contributed by atoms with Gasteiger partial charge in [-0.15, -0.1) is 0 Å². The van der Waals surface area contributed by atoms with E-state index in [1.807, 2.05) is 20.8 Å². The van der Waals surface area contributed by atoms with Gasteiger partial charge < -0.3 is 19.6 Å². The molecule has 1 aromatic heterocycles. The second-order valence-electron chi connectivity index (χ2n) is 13.8. The average molecular weight is 771 g/mol. The number of halogens is 5. The van der Waals surface area contributed by atoms with Crippen molar-refractivity contribution in [3.8, 4) is 11.8 Å². The van der Waals surface area contributed by atoms with Gasteiger partial charge in [0.05, 0.1) is 28.7 Å². The number of aryl methyl sites for hydroxylation is 1. The third kappa shape index (κ3) is 9.26. The second-order valence-corrected chi connectivity index (χ2v) is 13.8. The van der Waals surface area contributed by atoms with Crippen LogP contribution in [0.3, 0.4) is 0 Å². The zero-order chi connectivity index (χ0) is 40.6. The smallest absolute Gasteiger partial charge is 0.416 e. The number of aromatic nitrogens is 1. The fourth-order valence-electron chi connectivity index (χ4n) is 7.68. The molecule has 2 saturated heterocycles. The SMILES string of the molecule is CC.CCC[C@H]1N(C(=O)c2cnccc2C(C)(F)F)CCC[C@@]1(Oc1ccc(C(F)(F)F)cc1)C(=O)N1CCC(C#N)(c2ccccc2CCC(=O)O)CC1. The van der Waals surface area contributed by atoms with Gasteiger partial charge in [0.25, 0.3) is 17.7 Å². The van der Waals surface area contributed by atoms with Crippen molar-refractivity contribution >= 4 is 17.8 Å². The molecule has 3 aromatic rings. The Kier molecular flexibility index (Phi) is 13.7. The molecule has 0 spiro atoms. The quantitative estimate of drug-likeness (QED) is 0.194. The summed E-state index contributed by atoms with van der Waals surface area (Å²) in [5, 5.41) is 19.8. The van der Waals surface area contributed by atoms with E-state index in [9.17, 15) is 41.9 Å². The number of carboxylic acids is 1. The molecule has 2 aliphatic heterocycles. The van der Waals surface area contributed by atoms with E-state index in [0.717, 1.165) is 48.3 Å². The van der Waals surface area contributed by atoms with E-state index < -0.39 is 58.1 Å². The van der Waals surface area contributed by atoms with Crippen LogP contribution in [0, 0.1) is 11.3 Å². The van der Waals surface area contributed by atoms with Crippen LogP contribution in [0.1, 0.15) is 105 Å². The van der Waals surface area contributed by atoms with E-state index in [0.29, 0.717) is 18.9 Å². The highest BCUT2D eigenvalue weighted by Gasteiger charge is 2.56. The standard InChI is InChI=1S/C39H41F5N4O5.C2H6/c1-3-7-32-38(53-28-13-11-27(12-14-28)39(42,43)44,17-6-21-48(32)34(51)29-24-46-20-16-31(29)36(2,40)41)35(52)47-22-18-37(25-45,19-23-47)30-9-5-4-8-26(30)10-15-33(49)50;1-2/h4-5,8-9,11-14,16,20,24,32H,3,6-7,10,15,17-19,21-23H2,1-2H3,(H,49,50);1-2H3/t32-,38+;/m1./s1. The molecule has 0 radical (unpaired) electrons. The minimum Gasteiger partial charge on any atom is -0.481 e. The molecule has 1 N–H and O–H groups in total. The fraction of sp³-hybridized carbons (Fsp3) is 0.488. The zero-order valence-electron chi connectivity index (χ0n) is 31.5. The summed E-state index contributed by atoms with van der Waals surface area (Å²) in [5.41, 5.74) is -3.25. The number of carboxylic acid groups (broad SMARTS) is 1. The summed E-state index contributed by atoms with van der Waals surface area (Å²) in [5.74, 6) is -5.72. The van der Waals surface area contributed by atoms with Gasteiger partial charge in [-0.1, -0.05) is 51.5 Å². The Labute approximate surface area is 318 Å². The molecule has 0 bridgehead atoms. The second kappa shape index (κ2) is 17.6. The fourth-order valence-corrected chi connectivity index (χ4v) is 7.68. The van der Waals surface area contributed by atoms with Crippen LogP contribution in [-0.2, 0) is 33.5 Å². The predicted octanol–water partition coefficient (Wildman–Crippen LogP) is 8.56. The number of amides is 2.